The number of nitro benzene ring substituents is 1. The summed E-state index contributed by atoms with van der Waals surface area (Å²) in [7, 11) is -3.99. The maximum Gasteiger partial charge on any atom is 0.270 e. The largest absolute Gasteiger partial charge is 0.353 e. The van der Waals surface area contributed by atoms with Crippen molar-refractivity contribution in [2.75, 3.05) is 19.6 Å². The predicted molar refractivity (Wildman–Crippen MR) is 89.9 cm³/mol. The minimum Gasteiger partial charge on any atom is -0.353 e. The van der Waals surface area contributed by atoms with Gasteiger partial charge in [0.2, 0.25) is 15.9 Å². The van der Waals surface area contributed by atoms with E-state index in [1.54, 1.807) is 0 Å². The molecule has 1 fully saturated rings. The highest BCUT2D eigenvalue weighted by Gasteiger charge is 2.42. The zero-order valence-electron chi connectivity index (χ0n) is 13.3. The Balaban J connectivity index is 0.00000338. The summed E-state index contributed by atoms with van der Waals surface area (Å²) in [6.07, 6.45) is -0.613. The second kappa shape index (κ2) is 8.66. The van der Waals surface area contributed by atoms with Gasteiger partial charge in [-0.05, 0) is 6.07 Å². The SMILES string of the molecule is Cl.O=C(NCCNS(=O)(=O)c1cccc([N+](=O)[O-])c1)C1CC(F)(F)CN1. The number of nitrogens with one attached hydrogen (secondary N) is 3. The Morgan fingerprint density at radius 1 is 1.38 bits per heavy atom. The predicted octanol–water partition coefficient (Wildman–Crippen LogP) is 0.408. The molecule has 1 unspecified atom stereocenters. The van der Waals surface area contributed by atoms with E-state index in [0.29, 0.717) is 0 Å². The fourth-order valence-corrected chi connectivity index (χ4v) is 3.31. The van der Waals surface area contributed by atoms with Gasteiger partial charge >= 0.3 is 0 Å². The number of nitro groups is 1. The van der Waals surface area contributed by atoms with Crippen LogP contribution in [-0.2, 0) is 14.8 Å². The van der Waals surface area contributed by atoms with Gasteiger partial charge in [-0.1, -0.05) is 6.07 Å². The summed E-state index contributed by atoms with van der Waals surface area (Å²) in [5, 5.41) is 15.4. The summed E-state index contributed by atoms with van der Waals surface area (Å²) < 4.78 is 52.2. The number of carbonyl (C=O) groups is 1. The molecule has 1 atom stereocenters. The van der Waals surface area contributed by atoms with Crippen LogP contribution in [0.25, 0.3) is 0 Å². The molecule has 3 N–H and O–H groups in total. The lowest BCUT2D eigenvalue weighted by molar-refractivity contribution is -0.385. The first kappa shape index (κ1) is 22.2. The fourth-order valence-electron chi connectivity index (χ4n) is 2.24. The molecule has 1 aromatic rings. The Bertz CT molecular complexity index is 778. The summed E-state index contributed by atoms with van der Waals surface area (Å²) in [4.78, 5) is 21.4. The molecule has 1 aliphatic heterocycles. The maximum absolute atomic E-state index is 13.0. The van der Waals surface area contributed by atoms with E-state index in [1.165, 1.54) is 12.1 Å². The minimum absolute atomic E-state index is 0. The van der Waals surface area contributed by atoms with Gasteiger partial charge in [-0.15, -0.1) is 12.4 Å². The van der Waals surface area contributed by atoms with E-state index in [1.807, 2.05) is 0 Å². The summed E-state index contributed by atoms with van der Waals surface area (Å²) in [5.41, 5.74) is -0.371. The third-order valence-corrected chi connectivity index (χ3v) is 4.94. The van der Waals surface area contributed by atoms with Crippen molar-refractivity contribution in [2.24, 2.45) is 0 Å². The van der Waals surface area contributed by atoms with Gasteiger partial charge in [-0.2, -0.15) is 0 Å². The molecule has 0 saturated carbocycles. The number of benzene rings is 1. The summed E-state index contributed by atoms with van der Waals surface area (Å²) >= 11 is 0. The molecule has 9 nitrogen and oxygen atoms in total. The highest BCUT2D eigenvalue weighted by Crippen LogP contribution is 2.24. The molecule has 0 spiro atoms. The molecule has 0 aliphatic carbocycles. The number of halogens is 3. The van der Waals surface area contributed by atoms with Crippen molar-refractivity contribution in [2.45, 2.75) is 23.3 Å². The van der Waals surface area contributed by atoms with E-state index in [9.17, 15) is 32.1 Å². The van der Waals surface area contributed by atoms with Crippen LogP contribution in [0.1, 0.15) is 6.42 Å². The van der Waals surface area contributed by atoms with E-state index >= 15 is 0 Å². The number of non-ortho nitro benzene ring substituents is 1. The average molecular weight is 415 g/mol. The molecule has 146 valence electrons. The lowest BCUT2D eigenvalue weighted by Gasteiger charge is -2.12. The van der Waals surface area contributed by atoms with Crippen LogP contribution in [0.15, 0.2) is 29.2 Å². The highest BCUT2D eigenvalue weighted by molar-refractivity contribution is 7.89. The van der Waals surface area contributed by atoms with Crippen LogP contribution in [0.4, 0.5) is 14.5 Å². The molecule has 1 saturated heterocycles. The Morgan fingerprint density at radius 3 is 2.65 bits per heavy atom. The van der Waals surface area contributed by atoms with Crippen molar-refractivity contribution in [1.82, 2.24) is 15.4 Å². The first-order chi connectivity index (χ1) is 11.6. The second-order valence-electron chi connectivity index (χ2n) is 5.44. The lowest BCUT2D eigenvalue weighted by atomic mass is 10.2. The molecule has 0 radical (unpaired) electrons. The number of carbonyl (C=O) groups excluding carboxylic acids is 1. The van der Waals surface area contributed by atoms with E-state index in [-0.39, 0.29) is 36.1 Å². The highest BCUT2D eigenvalue weighted by atomic mass is 35.5. The summed E-state index contributed by atoms with van der Waals surface area (Å²) in [6, 6.07) is 3.47. The fraction of sp³-hybridized carbons (Fsp3) is 0.462. The van der Waals surface area contributed by atoms with Gasteiger partial charge < -0.3 is 5.32 Å². The molecule has 13 heteroatoms. The van der Waals surface area contributed by atoms with E-state index in [0.717, 1.165) is 12.1 Å². The van der Waals surface area contributed by atoms with Crippen molar-refractivity contribution >= 4 is 34.0 Å². The second-order valence-corrected chi connectivity index (χ2v) is 7.20. The smallest absolute Gasteiger partial charge is 0.270 e. The molecular weight excluding hydrogens is 398 g/mol. The standard InChI is InChI=1S/C13H16F2N4O5S.ClH/c14-13(15)7-11(17-8-13)12(20)16-4-5-18-25(23,24)10-3-1-2-9(6-10)19(21)22;/h1-3,6,11,17-18H,4-5,7-8H2,(H,16,20);1H. The quantitative estimate of drug-likeness (QED) is 0.336. The van der Waals surface area contributed by atoms with E-state index in [2.05, 4.69) is 15.4 Å². The average Bonchev–Trinajstić information content (AvgIpc) is 2.91. The first-order valence-corrected chi connectivity index (χ1v) is 8.72. The molecule has 0 bridgehead atoms. The number of rotatable bonds is 7. The Labute approximate surface area is 154 Å². The van der Waals surface area contributed by atoms with Gasteiger partial charge in [0, 0.05) is 31.6 Å². The van der Waals surface area contributed by atoms with Crippen LogP contribution in [0.3, 0.4) is 0 Å². The van der Waals surface area contributed by atoms with Crippen LogP contribution >= 0.6 is 12.4 Å². The third kappa shape index (κ3) is 5.83. The van der Waals surface area contributed by atoms with Gasteiger partial charge in [-0.3, -0.25) is 20.2 Å². The molecule has 1 amide bonds. The van der Waals surface area contributed by atoms with Crippen molar-refractivity contribution < 1.29 is 26.9 Å². The van der Waals surface area contributed by atoms with E-state index in [4.69, 9.17) is 0 Å². The van der Waals surface area contributed by atoms with Gasteiger partial charge in [0.25, 0.3) is 11.6 Å². The van der Waals surface area contributed by atoms with Crippen molar-refractivity contribution in [1.29, 1.82) is 0 Å². The number of amides is 1. The molecular formula is C13H17ClF2N4O5S. The molecule has 0 aromatic heterocycles. The Hall–Kier alpha value is -1.89. The number of hydrogen-bond donors (Lipinski definition) is 3. The van der Waals surface area contributed by atoms with Crippen LogP contribution in [0, 0.1) is 10.1 Å². The third-order valence-electron chi connectivity index (χ3n) is 3.48. The number of hydrogen-bond acceptors (Lipinski definition) is 6. The molecule has 1 heterocycles. The first-order valence-electron chi connectivity index (χ1n) is 7.24. The lowest BCUT2D eigenvalue weighted by Crippen LogP contribution is -2.43. The van der Waals surface area contributed by atoms with Crippen LogP contribution in [-0.4, -0.2) is 50.8 Å². The number of sulfonamides is 1. The zero-order chi connectivity index (χ0) is 18.7. The van der Waals surface area contributed by atoms with Crippen molar-refractivity contribution in [3.05, 3.63) is 34.4 Å². The van der Waals surface area contributed by atoms with Gasteiger partial charge in [-0.25, -0.2) is 21.9 Å². The zero-order valence-corrected chi connectivity index (χ0v) is 14.9. The van der Waals surface area contributed by atoms with Gasteiger partial charge in [0.05, 0.1) is 22.4 Å². The van der Waals surface area contributed by atoms with Crippen LogP contribution in [0.2, 0.25) is 0 Å². The summed E-state index contributed by atoms with van der Waals surface area (Å²) in [5.74, 6) is -3.59. The van der Waals surface area contributed by atoms with Gasteiger partial charge in [0.15, 0.2) is 0 Å². The Kier molecular flexibility index (Phi) is 7.38. The number of alkyl halides is 2. The summed E-state index contributed by atoms with van der Waals surface area (Å²) in [6.45, 7) is -0.888. The number of nitrogens with zero attached hydrogens (tertiary/aromatic N) is 1. The normalized spacial score (nSPS) is 18.8. The maximum atomic E-state index is 13.0. The van der Waals surface area contributed by atoms with Crippen LogP contribution < -0.4 is 15.4 Å². The molecule has 1 aromatic carbocycles. The molecule has 26 heavy (non-hydrogen) atoms. The van der Waals surface area contributed by atoms with Gasteiger partial charge in [0.1, 0.15) is 0 Å². The van der Waals surface area contributed by atoms with Crippen LogP contribution in [0.5, 0.6) is 0 Å². The molecule has 1 aliphatic rings. The van der Waals surface area contributed by atoms with Crippen molar-refractivity contribution in [3.8, 4) is 0 Å². The van der Waals surface area contributed by atoms with Crippen molar-refractivity contribution in [3.63, 3.8) is 0 Å². The minimum atomic E-state index is -3.99. The Morgan fingerprint density at radius 2 is 2.08 bits per heavy atom. The topological polar surface area (TPSA) is 130 Å². The molecule has 2 rings (SSSR count). The monoisotopic (exact) mass is 414 g/mol. The van der Waals surface area contributed by atoms with E-state index < -0.39 is 45.8 Å².